The number of aromatic nitrogens is 4. The summed E-state index contributed by atoms with van der Waals surface area (Å²) in [5.41, 5.74) is 13.1. The Morgan fingerprint density at radius 2 is 1.14 bits per heavy atom. The van der Waals surface area contributed by atoms with E-state index < -0.39 is 23.3 Å². The number of anilines is 5. The van der Waals surface area contributed by atoms with Crippen molar-refractivity contribution in [2.24, 2.45) is 0 Å². The van der Waals surface area contributed by atoms with Gasteiger partial charge in [0, 0.05) is 92.9 Å². The minimum atomic E-state index is -0.723. The molecule has 1 N–H and O–H groups in total. The predicted molar refractivity (Wildman–Crippen MR) is 302 cm³/mol. The second kappa shape index (κ2) is 22.5. The molecule has 2 saturated heterocycles. The summed E-state index contributed by atoms with van der Waals surface area (Å²) in [6, 6.07) is 27.2. The standard InChI is InChI=1S/C31H29F2N5O.C18H11ClF2N2.C13H19N3O/c1-19-25(12-20-5-4-6-21(11-20)16-34)36-26-14-22(32)13-24(33)28(26)29(19)38-18-31(2,3)30-27(38)15-23(17-35-30)37-7-9-39-10-8-37;1-10-15(6-11-3-2-4-12(5-11)9-22)23-16-8-13(20)7-14(21)17(16)18(10)19;1-13(2)9-15-11-7-10(8-14-12(11)13)16-3-5-17-6-4-16/h4-6,11,13-15,17H,7-10,12,18H2,1-3H3;2-5,7-8H,6H2,1H3;7-8,15H,3-6,9H2,1-2H3. The molecule has 4 aromatic carbocycles. The number of nitrogens with zero attached hydrogens (tertiary/aromatic N) is 9. The van der Waals surface area contributed by atoms with Crippen LogP contribution in [-0.4, -0.2) is 85.6 Å². The summed E-state index contributed by atoms with van der Waals surface area (Å²) in [5.74, 6) is -2.73. The van der Waals surface area contributed by atoms with Crippen molar-refractivity contribution in [3.63, 3.8) is 0 Å². The summed E-state index contributed by atoms with van der Waals surface area (Å²) in [5, 5.41) is 22.4. The number of rotatable bonds is 7. The quantitative estimate of drug-likeness (QED) is 0.152. The summed E-state index contributed by atoms with van der Waals surface area (Å²) in [7, 11) is 0. The minimum Gasteiger partial charge on any atom is -0.383 e. The fraction of sp³-hybridized carbons (Fsp3) is 0.323. The van der Waals surface area contributed by atoms with Crippen LogP contribution >= 0.6 is 11.6 Å². The van der Waals surface area contributed by atoms with Gasteiger partial charge in [-0.3, -0.25) is 19.9 Å². The summed E-state index contributed by atoms with van der Waals surface area (Å²) < 4.78 is 68.3. The van der Waals surface area contributed by atoms with Crippen molar-refractivity contribution in [3.8, 4) is 12.1 Å². The van der Waals surface area contributed by atoms with Crippen LogP contribution in [0.25, 0.3) is 21.8 Å². The molecule has 4 aromatic heterocycles. The first-order chi connectivity index (χ1) is 37.9. The van der Waals surface area contributed by atoms with Crippen molar-refractivity contribution in [2.75, 3.05) is 85.7 Å². The van der Waals surface area contributed by atoms with E-state index in [1.165, 1.54) is 29.2 Å². The number of fused-ring (bicyclic) bond motifs is 4. The van der Waals surface area contributed by atoms with Crippen LogP contribution < -0.4 is 20.0 Å². The number of halogens is 5. The molecule has 0 aliphatic carbocycles. The van der Waals surface area contributed by atoms with Crippen molar-refractivity contribution in [2.45, 2.75) is 65.2 Å². The molecule has 2 fully saturated rings. The monoisotopic (exact) mass is 1090 g/mol. The third kappa shape index (κ3) is 11.4. The fourth-order valence-corrected chi connectivity index (χ4v) is 11.2. The van der Waals surface area contributed by atoms with Gasteiger partial charge in [0.1, 0.15) is 23.3 Å². The lowest BCUT2D eigenvalue weighted by Crippen LogP contribution is -2.36. The highest BCUT2D eigenvalue weighted by molar-refractivity contribution is 6.36. The number of benzene rings is 4. The lowest BCUT2D eigenvalue weighted by molar-refractivity contribution is 0.122. The molecule has 8 heterocycles. The number of nitriles is 2. The molecular formula is C62H59ClF4N10O2. The molecule has 0 saturated carbocycles. The maximum atomic E-state index is 15.6. The van der Waals surface area contributed by atoms with Gasteiger partial charge in [-0.2, -0.15) is 10.5 Å². The van der Waals surface area contributed by atoms with Crippen LogP contribution in [0.15, 0.2) is 97.3 Å². The number of pyridine rings is 4. The van der Waals surface area contributed by atoms with Crippen molar-refractivity contribution in [1.82, 2.24) is 19.9 Å². The molecule has 0 bridgehead atoms. The minimum absolute atomic E-state index is 0.125. The van der Waals surface area contributed by atoms with Crippen LogP contribution in [-0.2, 0) is 33.1 Å². The second-order valence-electron chi connectivity index (χ2n) is 21.6. The summed E-state index contributed by atoms with van der Waals surface area (Å²) in [6.45, 7) is 20.4. The first kappa shape index (κ1) is 54.5. The highest BCUT2D eigenvalue weighted by Crippen LogP contribution is 2.48. The van der Waals surface area contributed by atoms with E-state index in [-0.39, 0.29) is 32.3 Å². The number of morpholine rings is 2. The van der Waals surface area contributed by atoms with Gasteiger partial charge >= 0.3 is 0 Å². The fourth-order valence-electron chi connectivity index (χ4n) is 10.9. The van der Waals surface area contributed by atoms with Crippen LogP contribution in [0.3, 0.4) is 0 Å². The molecule has 8 aromatic rings. The van der Waals surface area contributed by atoms with Crippen LogP contribution in [0.4, 0.5) is 46.0 Å². The van der Waals surface area contributed by atoms with Gasteiger partial charge < -0.3 is 29.5 Å². The normalized spacial score (nSPS) is 16.0. The lowest BCUT2D eigenvalue weighted by atomic mass is 9.91. The predicted octanol–water partition coefficient (Wildman–Crippen LogP) is 12.5. The van der Waals surface area contributed by atoms with Crippen LogP contribution in [0.1, 0.15) is 83.9 Å². The van der Waals surface area contributed by atoms with Crippen molar-refractivity contribution in [1.29, 1.82) is 10.5 Å². The van der Waals surface area contributed by atoms with Gasteiger partial charge in [0.15, 0.2) is 0 Å². The molecule has 17 heteroatoms. The second-order valence-corrected chi connectivity index (χ2v) is 22.0. The first-order valence-electron chi connectivity index (χ1n) is 26.3. The first-order valence-corrected chi connectivity index (χ1v) is 26.7. The summed E-state index contributed by atoms with van der Waals surface area (Å²) in [4.78, 5) is 25.3. The van der Waals surface area contributed by atoms with Gasteiger partial charge in [-0.05, 0) is 72.5 Å². The zero-order valence-corrected chi connectivity index (χ0v) is 45.7. The third-order valence-electron chi connectivity index (χ3n) is 15.0. The van der Waals surface area contributed by atoms with Crippen LogP contribution in [0.5, 0.6) is 0 Å². The van der Waals surface area contributed by atoms with Crippen molar-refractivity contribution in [3.05, 3.63) is 182 Å². The van der Waals surface area contributed by atoms with E-state index in [1.807, 2.05) is 43.6 Å². The highest BCUT2D eigenvalue weighted by Gasteiger charge is 2.40. The molecule has 4 aliphatic rings. The van der Waals surface area contributed by atoms with Gasteiger partial charge in [0.05, 0.1) is 134 Å². The van der Waals surface area contributed by atoms with E-state index >= 15 is 4.39 Å². The van der Waals surface area contributed by atoms with Crippen molar-refractivity contribution < 1.29 is 27.0 Å². The molecule has 0 amide bonds. The van der Waals surface area contributed by atoms with Crippen LogP contribution in [0.2, 0.25) is 5.02 Å². The van der Waals surface area contributed by atoms with Crippen molar-refractivity contribution >= 4 is 61.8 Å². The van der Waals surface area contributed by atoms with Gasteiger partial charge in [-0.15, -0.1) is 0 Å². The molecule has 12 nitrogen and oxygen atoms in total. The summed E-state index contributed by atoms with van der Waals surface area (Å²) >= 11 is 6.26. The smallest absolute Gasteiger partial charge is 0.137 e. The molecule has 4 aliphatic heterocycles. The van der Waals surface area contributed by atoms with Gasteiger partial charge in [-0.25, -0.2) is 17.6 Å². The molecule has 404 valence electrons. The average molecular weight is 1090 g/mol. The maximum Gasteiger partial charge on any atom is 0.137 e. The SMILES string of the molecule is CC1(C)CNc2cc(N3CCOCC3)cnc21.Cc1c(Cc2cccc(C#N)c2)nc2cc(F)cc(F)c2c1Cl.Cc1c(Cc2cccc(C#N)c2)nc2cc(F)cc(F)c2c1N1CC(C)(C)c2ncc(N3CCOCC3)cc21. The third-order valence-corrected chi connectivity index (χ3v) is 15.5. The van der Waals surface area contributed by atoms with E-state index in [0.29, 0.717) is 71.8 Å². The zero-order valence-electron chi connectivity index (χ0n) is 45.0. The molecule has 0 radical (unpaired) electrons. The molecule has 0 spiro atoms. The highest BCUT2D eigenvalue weighted by atomic mass is 35.5. The largest absolute Gasteiger partial charge is 0.383 e. The lowest BCUT2D eigenvalue weighted by Gasteiger charge is -2.30. The maximum absolute atomic E-state index is 15.6. The van der Waals surface area contributed by atoms with Gasteiger partial charge in [0.25, 0.3) is 0 Å². The van der Waals surface area contributed by atoms with Gasteiger partial charge in [-0.1, -0.05) is 63.6 Å². The Bertz CT molecular complexity index is 3740. The Morgan fingerprint density at radius 3 is 1.70 bits per heavy atom. The number of hydrogen-bond acceptors (Lipinski definition) is 12. The number of nitrogens with one attached hydrogen (secondary N) is 1. The van der Waals surface area contributed by atoms with Crippen LogP contribution in [0, 0.1) is 59.8 Å². The number of hydrogen-bond donors (Lipinski definition) is 1. The Hall–Kier alpha value is -7.89. The Kier molecular flexibility index (Phi) is 15.5. The van der Waals surface area contributed by atoms with E-state index in [0.717, 1.165) is 91.8 Å². The molecule has 79 heavy (non-hydrogen) atoms. The topological polar surface area (TPSA) is 139 Å². The zero-order chi connectivity index (χ0) is 55.8. The average Bonchev–Trinajstić information content (AvgIpc) is 4.16. The Labute approximate surface area is 462 Å². The van der Waals surface area contributed by atoms with E-state index in [1.54, 1.807) is 31.2 Å². The van der Waals surface area contributed by atoms with E-state index in [4.69, 9.17) is 36.3 Å². The Morgan fingerprint density at radius 1 is 0.633 bits per heavy atom. The van der Waals surface area contributed by atoms with E-state index in [9.17, 15) is 18.4 Å². The number of ether oxygens (including phenoxy) is 2. The van der Waals surface area contributed by atoms with Gasteiger partial charge in [0.2, 0.25) is 0 Å². The molecule has 12 rings (SSSR count). The van der Waals surface area contributed by atoms with E-state index in [2.05, 4.69) is 82.0 Å². The molecule has 0 unspecified atom stereocenters. The Balaban J connectivity index is 0.000000148. The molecular weight excluding hydrogens is 1030 g/mol. The molecule has 0 atom stereocenters. The summed E-state index contributed by atoms with van der Waals surface area (Å²) in [6.07, 6.45) is 4.77.